The molecule has 3 aromatic rings. The first-order valence-corrected chi connectivity index (χ1v) is 5.97. The van der Waals surface area contributed by atoms with E-state index >= 15 is 0 Å². The maximum absolute atomic E-state index is 11.0. The van der Waals surface area contributed by atoms with Crippen LogP contribution < -0.4 is 11.1 Å². The molecule has 0 aliphatic carbocycles. The molecule has 4 heteroatoms. The topological polar surface area (TPSA) is 70.9 Å². The first-order chi connectivity index (χ1) is 9.24. The number of hydrogen-bond acceptors (Lipinski definition) is 1. The number of nitrogens with two attached hydrogens (primary N) is 1. The van der Waals surface area contributed by atoms with E-state index in [1.54, 1.807) is 0 Å². The molecule has 1 aromatic heterocycles. The van der Waals surface area contributed by atoms with E-state index in [1.165, 1.54) is 0 Å². The number of aromatic amines is 1. The van der Waals surface area contributed by atoms with E-state index in [1.807, 2.05) is 48.5 Å². The smallest absolute Gasteiger partial charge is 0.316 e. The molecule has 0 radical (unpaired) electrons. The van der Waals surface area contributed by atoms with Crippen LogP contribution in [-0.2, 0) is 0 Å². The van der Waals surface area contributed by atoms with Crippen molar-refractivity contribution in [2.75, 3.05) is 5.32 Å². The van der Waals surface area contributed by atoms with Gasteiger partial charge in [-0.1, -0.05) is 36.4 Å². The van der Waals surface area contributed by atoms with E-state index in [9.17, 15) is 4.79 Å². The summed E-state index contributed by atoms with van der Waals surface area (Å²) in [4.78, 5) is 14.4. The zero-order chi connectivity index (χ0) is 13.2. The number of amides is 2. The number of rotatable bonds is 2. The molecule has 0 unspecified atom stereocenters. The molecule has 94 valence electrons. The van der Waals surface area contributed by atoms with Gasteiger partial charge >= 0.3 is 6.03 Å². The molecule has 2 amide bonds. The van der Waals surface area contributed by atoms with Gasteiger partial charge in [-0.3, -0.25) is 0 Å². The van der Waals surface area contributed by atoms with Crippen molar-refractivity contribution in [3.63, 3.8) is 0 Å². The summed E-state index contributed by atoms with van der Waals surface area (Å²) in [6, 6.07) is 17.1. The van der Waals surface area contributed by atoms with Gasteiger partial charge in [0.15, 0.2) is 0 Å². The van der Waals surface area contributed by atoms with E-state index < -0.39 is 6.03 Å². The summed E-state index contributed by atoms with van der Waals surface area (Å²) in [5.74, 6) is 0. The Labute approximate surface area is 110 Å². The molecule has 0 bridgehead atoms. The maximum Gasteiger partial charge on any atom is 0.316 e. The van der Waals surface area contributed by atoms with Crippen LogP contribution in [0.2, 0.25) is 0 Å². The minimum absolute atomic E-state index is 0.566. The number of urea groups is 1. The Balaban J connectivity index is 2.13. The van der Waals surface area contributed by atoms with Gasteiger partial charge < -0.3 is 16.0 Å². The van der Waals surface area contributed by atoms with Crippen molar-refractivity contribution in [3.8, 4) is 11.3 Å². The van der Waals surface area contributed by atoms with E-state index in [0.29, 0.717) is 5.69 Å². The molecule has 1 heterocycles. The number of para-hydroxylation sites is 2. The summed E-state index contributed by atoms with van der Waals surface area (Å²) in [5, 5.41) is 3.77. The highest BCUT2D eigenvalue weighted by Gasteiger charge is 2.08. The van der Waals surface area contributed by atoms with Gasteiger partial charge in [-0.15, -0.1) is 0 Å². The lowest BCUT2D eigenvalue weighted by molar-refractivity contribution is 0.259. The van der Waals surface area contributed by atoms with Gasteiger partial charge in [0, 0.05) is 22.2 Å². The molecule has 0 aliphatic rings. The van der Waals surface area contributed by atoms with Gasteiger partial charge in [-0.2, -0.15) is 0 Å². The van der Waals surface area contributed by atoms with Crippen LogP contribution in [0.4, 0.5) is 10.5 Å². The summed E-state index contributed by atoms with van der Waals surface area (Å²) in [6.45, 7) is 0. The Morgan fingerprint density at radius 1 is 1.05 bits per heavy atom. The average molecular weight is 251 g/mol. The Bertz CT molecular complexity index is 713. The zero-order valence-corrected chi connectivity index (χ0v) is 10.2. The Morgan fingerprint density at radius 3 is 2.58 bits per heavy atom. The number of aromatic nitrogens is 1. The van der Waals surface area contributed by atoms with Gasteiger partial charge in [0.1, 0.15) is 0 Å². The van der Waals surface area contributed by atoms with E-state index in [0.717, 1.165) is 22.2 Å². The van der Waals surface area contributed by atoms with Crippen LogP contribution in [0.3, 0.4) is 0 Å². The fraction of sp³-hybridized carbons (Fsp3) is 0. The number of fused-ring (bicyclic) bond motifs is 1. The third-order valence-electron chi connectivity index (χ3n) is 3.01. The Hall–Kier alpha value is -2.75. The number of carbonyl (C=O) groups excluding carboxylic acids is 1. The molecular weight excluding hydrogens is 238 g/mol. The molecule has 0 spiro atoms. The summed E-state index contributed by atoms with van der Waals surface area (Å²) >= 11 is 0. The van der Waals surface area contributed by atoms with E-state index in [4.69, 9.17) is 5.73 Å². The predicted octanol–water partition coefficient (Wildman–Crippen LogP) is 3.33. The van der Waals surface area contributed by atoms with Crippen molar-refractivity contribution in [1.29, 1.82) is 0 Å². The van der Waals surface area contributed by atoms with Crippen LogP contribution in [0, 0.1) is 0 Å². The second-order valence-electron chi connectivity index (χ2n) is 4.31. The molecule has 0 aliphatic heterocycles. The SMILES string of the molecule is NC(=O)Nc1ccccc1-c1cc2ccccc2[nH]1. The van der Waals surface area contributed by atoms with Crippen molar-refractivity contribution in [1.82, 2.24) is 4.98 Å². The Morgan fingerprint density at radius 2 is 1.79 bits per heavy atom. The summed E-state index contributed by atoms with van der Waals surface area (Å²) in [5.41, 5.74) is 8.81. The molecule has 4 N–H and O–H groups in total. The lowest BCUT2D eigenvalue weighted by Gasteiger charge is -2.07. The number of carbonyl (C=O) groups is 1. The summed E-state index contributed by atoms with van der Waals surface area (Å²) in [7, 11) is 0. The standard InChI is InChI=1S/C15H13N3O/c16-15(19)18-13-8-4-2-6-11(13)14-9-10-5-1-3-7-12(10)17-14/h1-9,17H,(H3,16,18,19). The van der Waals surface area contributed by atoms with E-state index in [-0.39, 0.29) is 0 Å². The van der Waals surface area contributed by atoms with Gasteiger partial charge in [0.25, 0.3) is 0 Å². The van der Waals surface area contributed by atoms with Crippen LogP contribution in [-0.4, -0.2) is 11.0 Å². The lowest BCUT2D eigenvalue weighted by atomic mass is 10.1. The highest BCUT2D eigenvalue weighted by atomic mass is 16.2. The molecule has 0 fully saturated rings. The molecule has 2 aromatic carbocycles. The van der Waals surface area contributed by atoms with Gasteiger partial charge in [-0.25, -0.2) is 4.79 Å². The minimum atomic E-state index is -0.566. The van der Waals surface area contributed by atoms with Gasteiger partial charge in [0.2, 0.25) is 0 Å². The predicted molar refractivity (Wildman–Crippen MR) is 76.9 cm³/mol. The molecule has 0 atom stereocenters. The van der Waals surface area contributed by atoms with Crippen LogP contribution in [0.25, 0.3) is 22.2 Å². The number of anilines is 1. The maximum atomic E-state index is 11.0. The monoisotopic (exact) mass is 251 g/mol. The van der Waals surface area contributed by atoms with Gasteiger partial charge in [-0.05, 0) is 18.2 Å². The quantitative estimate of drug-likeness (QED) is 0.642. The second kappa shape index (κ2) is 4.49. The van der Waals surface area contributed by atoms with Crippen molar-refractivity contribution in [2.45, 2.75) is 0 Å². The second-order valence-corrected chi connectivity index (χ2v) is 4.31. The van der Waals surface area contributed by atoms with Crippen molar-refractivity contribution >= 4 is 22.6 Å². The zero-order valence-electron chi connectivity index (χ0n) is 10.2. The van der Waals surface area contributed by atoms with Gasteiger partial charge in [0.05, 0.1) is 5.69 Å². The lowest BCUT2D eigenvalue weighted by Crippen LogP contribution is -2.19. The number of benzene rings is 2. The molecular formula is C15H13N3O. The third-order valence-corrected chi connectivity index (χ3v) is 3.01. The van der Waals surface area contributed by atoms with Crippen LogP contribution in [0.1, 0.15) is 0 Å². The summed E-state index contributed by atoms with van der Waals surface area (Å²) < 4.78 is 0. The van der Waals surface area contributed by atoms with Crippen molar-refractivity contribution < 1.29 is 4.79 Å². The molecule has 0 saturated carbocycles. The fourth-order valence-electron chi connectivity index (χ4n) is 2.18. The normalized spacial score (nSPS) is 10.5. The van der Waals surface area contributed by atoms with Crippen molar-refractivity contribution in [2.24, 2.45) is 5.73 Å². The third kappa shape index (κ3) is 2.15. The highest BCUT2D eigenvalue weighted by molar-refractivity contribution is 5.95. The number of nitrogens with one attached hydrogen (secondary N) is 2. The van der Waals surface area contributed by atoms with E-state index in [2.05, 4.69) is 16.4 Å². The van der Waals surface area contributed by atoms with Crippen LogP contribution in [0.5, 0.6) is 0 Å². The number of hydrogen-bond donors (Lipinski definition) is 3. The molecule has 0 saturated heterocycles. The van der Waals surface area contributed by atoms with Crippen LogP contribution in [0.15, 0.2) is 54.6 Å². The first kappa shape index (κ1) is 11.3. The molecule has 4 nitrogen and oxygen atoms in total. The largest absolute Gasteiger partial charge is 0.354 e. The minimum Gasteiger partial charge on any atom is -0.354 e. The fourth-order valence-corrected chi connectivity index (χ4v) is 2.18. The molecule has 19 heavy (non-hydrogen) atoms. The summed E-state index contributed by atoms with van der Waals surface area (Å²) in [6.07, 6.45) is 0. The van der Waals surface area contributed by atoms with Crippen LogP contribution >= 0.6 is 0 Å². The Kier molecular flexibility index (Phi) is 2.68. The number of primary amides is 1. The average Bonchev–Trinajstić information content (AvgIpc) is 2.82. The first-order valence-electron chi connectivity index (χ1n) is 5.97. The number of H-pyrrole nitrogens is 1. The highest BCUT2D eigenvalue weighted by Crippen LogP contribution is 2.29. The van der Waals surface area contributed by atoms with Crippen molar-refractivity contribution in [3.05, 3.63) is 54.6 Å². The molecule has 3 rings (SSSR count).